The topological polar surface area (TPSA) is 77.2 Å². The van der Waals surface area contributed by atoms with Gasteiger partial charge in [-0.2, -0.15) is 0 Å². The number of carbonyl (C=O) groups is 1. The minimum absolute atomic E-state index is 0.311. The number of rotatable bonds is 1. The molecule has 1 fully saturated rings. The number of nitrogens with zero attached hydrogens (tertiary/aromatic N) is 1. The van der Waals surface area contributed by atoms with Crippen LogP contribution in [0.25, 0.3) is 10.8 Å². The van der Waals surface area contributed by atoms with E-state index in [0.29, 0.717) is 17.4 Å². The van der Waals surface area contributed by atoms with Gasteiger partial charge in [-0.25, -0.2) is 9.78 Å². The summed E-state index contributed by atoms with van der Waals surface area (Å²) in [6.07, 6.45) is 0.912. The molecule has 0 bridgehead atoms. The van der Waals surface area contributed by atoms with Gasteiger partial charge in [-0.05, 0) is 29.1 Å². The Kier molecular flexibility index (Phi) is 2.48. The van der Waals surface area contributed by atoms with Crippen LogP contribution < -0.4 is 11.1 Å². The molecule has 0 saturated carbocycles. The van der Waals surface area contributed by atoms with Crippen molar-refractivity contribution in [1.82, 2.24) is 10.3 Å². The molecule has 0 spiro atoms. The molecule has 0 aliphatic carbocycles. The number of cyclic esters (lactones) is 1. The van der Waals surface area contributed by atoms with E-state index in [-0.39, 0.29) is 6.10 Å². The van der Waals surface area contributed by atoms with Crippen LogP contribution in [0, 0.1) is 0 Å². The van der Waals surface area contributed by atoms with Gasteiger partial charge in [0.25, 0.3) is 0 Å². The standard InChI is InChI=1S/C12H10ClN3O2/c13-9-2-7(10-5-16-12(17)18-10)1-6-3-11(14)15-4-8(6)9/h1-4,10H,5H2,(H2,14,15)(H,16,17). The van der Waals surface area contributed by atoms with E-state index >= 15 is 0 Å². The molecule has 1 amide bonds. The van der Waals surface area contributed by atoms with Gasteiger partial charge in [0.05, 0.1) is 11.6 Å². The first kappa shape index (κ1) is 11.1. The van der Waals surface area contributed by atoms with Crippen LogP contribution in [0.1, 0.15) is 11.7 Å². The van der Waals surface area contributed by atoms with E-state index in [1.165, 1.54) is 0 Å². The van der Waals surface area contributed by atoms with Crippen molar-refractivity contribution in [3.8, 4) is 0 Å². The van der Waals surface area contributed by atoms with Crippen molar-refractivity contribution in [3.63, 3.8) is 0 Å². The summed E-state index contributed by atoms with van der Waals surface area (Å²) < 4.78 is 5.13. The summed E-state index contributed by atoms with van der Waals surface area (Å²) in [6.45, 7) is 0.446. The highest BCUT2D eigenvalue weighted by Gasteiger charge is 2.24. The van der Waals surface area contributed by atoms with E-state index in [9.17, 15) is 4.79 Å². The number of nitrogens with one attached hydrogen (secondary N) is 1. The van der Waals surface area contributed by atoms with Gasteiger partial charge in [-0.1, -0.05) is 11.6 Å². The van der Waals surface area contributed by atoms with E-state index in [1.54, 1.807) is 18.3 Å². The van der Waals surface area contributed by atoms with Crippen molar-refractivity contribution in [2.75, 3.05) is 12.3 Å². The molecule has 6 heteroatoms. The van der Waals surface area contributed by atoms with Crippen molar-refractivity contribution in [2.45, 2.75) is 6.10 Å². The van der Waals surface area contributed by atoms with Crippen LogP contribution in [0.2, 0.25) is 5.02 Å². The molecule has 2 aromatic rings. The molecule has 1 atom stereocenters. The number of ether oxygens (including phenoxy) is 1. The highest BCUT2D eigenvalue weighted by molar-refractivity contribution is 6.35. The Morgan fingerprint density at radius 3 is 3.00 bits per heavy atom. The molecule has 1 unspecified atom stereocenters. The summed E-state index contributed by atoms with van der Waals surface area (Å²) in [6, 6.07) is 5.44. The van der Waals surface area contributed by atoms with Crippen LogP contribution in [0.3, 0.4) is 0 Å². The maximum Gasteiger partial charge on any atom is 0.407 e. The third kappa shape index (κ3) is 1.82. The quantitative estimate of drug-likeness (QED) is 0.827. The first-order valence-corrected chi connectivity index (χ1v) is 5.80. The van der Waals surface area contributed by atoms with Gasteiger partial charge in [-0.3, -0.25) is 0 Å². The smallest absolute Gasteiger partial charge is 0.407 e. The summed E-state index contributed by atoms with van der Waals surface area (Å²) in [5, 5.41) is 4.88. The first-order chi connectivity index (χ1) is 8.63. The van der Waals surface area contributed by atoms with E-state index in [2.05, 4.69) is 10.3 Å². The molecule has 1 aromatic heterocycles. The molecule has 3 rings (SSSR count). The van der Waals surface area contributed by atoms with Gasteiger partial charge in [0.1, 0.15) is 11.9 Å². The Bertz CT molecular complexity index is 645. The molecule has 5 nitrogen and oxygen atoms in total. The third-order valence-electron chi connectivity index (χ3n) is 2.88. The molecule has 1 saturated heterocycles. The molecular formula is C12H10ClN3O2. The fourth-order valence-corrected chi connectivity index (χ4v) is 2.30. The van der Waals surface area contributed by atoms with Crippen molar-refractivity contribution in [1.29, 1.82) is 0 Å². The number of halogens is 1. The van der Waals surface area contributed by atoms with Gasteiger partial charge in [0, 0.05) is 11.6 Å². The molecule has 92 valence electrons. The Morgan fingerprint density at radius 1 is 1.44 bits per heavy atom. The van der Waals surface area contributed by atoms with Crippen molar-refractivity contribution >= 4 is 34.3 Å². The lowest BCUT2D eigenvalue weighted by molar-refractivity contribution is 0.141. The number of nitrogen functional groups attached to an aromatic ring is 1. The third-order valence-corrected chi connectivity index (χ3v) is 3.20. The lowest BCUT2D eigenvalue weighted by atomic mass is 10.0. The summed E-state index contributed by atoms with van der Waals surface area (Å²) in [5.41, 5.74) is 6.49. The fourth-order valence-electron chi connectivity index (χ4n) is 2.01. The average molecular weight is 264 g/mol. The number of hydrogen-bond acceptors (Lipinski definition) is 4. The number of nitrogens with two attached hydrogens (primary N) is 1. The Morgan fingerprint density at radius 2 is 2.28 bits per heavy atom. The predicted molar refractivity (Wildman–Crippen MR) is 68.4 cm³/mol. The van der Waals surface area contributed by atoms with Gasteiger partial charge in [-0.15, -0.1) is 0 Å². The summed E-state index contributed by atoms with van der Waals surface area (Å²) in [7, 11) is 0. The zero-order valence-electron chi connectivity index (χ0n) is 9.31. The number of fused-ring (bicyclic) bond motifs is 1. The summed E-state index contributed by atoms with van der Waals surface area (Å²) in [5.74, 6) is 0.428. The molecular weight excluding hydrogens is 254 g/mol. The molecule has 1 aliphatic rings. The number of benzene rings is 1. The predicted octanol–water partition coefficient (Wildman–Crippen LogP) is 2.25. The minimum atomic E-state index is -0.412. The number of aromatic nitrogens is 1. The number of pyridine rings is 1. The average Bonchev–Trinajstić information content (AvgIpc) is 2.75. The first-order valence-electron chi connectivity index (χ1n) is 5.42. The van der Waals surface area contributed by atoms with Gasteiger partial charge >= 0.3 is 6.09 Å². The lowest BCUT2D eigenvalue weighted by Crippen LogP contribution is -2.12. The van der Waals surface area contributed by atoms with Gasteiger partial charge < -0.3 is 15.8 Å². The second-order valence-electron chi connectivity index (χ2n) is 4.11. The van der Waals surface area contributed by atoms with Crippen LogP contribution >= 0.6 is 11.6 Å². The molecule has 0 radical (unpaired) electrons. The summed E-state index contributed by atoms with van der Waals surface area (Å²) in [4.78, 5) is 15.0. The Balaban J connectivity index is 2.11. The molecule has 2 heterocycles. The van der Waals surface area contributed by atoms with Crippen molar-refractivity contribution in [3.05, 3.63) is 35.0 Å². The van der Waals surface area contributed by atoms with Crippen LogP contribution in [0.15, 0.2) is 24.4 Å². The highest BCUT2D eigenvalue weighted by Crippen LogP contribution is 2.30. The number of amides is 1. The van der Waals surface area contributed by atoms with Crippen LogP contribution in [-0.2, 0) is 4.74 Å². The van der Waals surface area contributed by atoms with E-state index in [0.717, 1.165) is 16.3 Å². The maximum absolute atomic E-state index is 11.0. The van der Waals surface area contributed by atoms with E-state index in [4.69, 9.17) is 22.1 Å². The maximum atomic E-state index is 11.0. The number of hydrogen-bond donors (Lipinski definition) is 2. The highest BCUT2D eigenvalue weighted by atomic mass is 35.5. The van der Waals surface area contributed by atoms with Crippen molar-refractivity contribution in [2.24, 2.45) is 0 Å². The minimum Gasteiger partial charge on any atom is -0.439 e. The summed E-state index contributed by atoms with van der Waals surface area (Å²) >= 11 is 6.19. The Labute approximate surface area is 108 Å². The van der Waals surface area contributed by atoms with Crippen LogP contribution in [0.4, 0.5) is 10.6 Å². The monoisotopic (exact) mass is 263 g/mol. The zero-order chi connectivity index (χ0) is 12.7. The number of alkyl carbamates (subject to hydrolysis) is 1. The lowest BCUT2D eigenvalue weighted by Gasteiger charge is -2.10. The molecule has 1 aromatic carbocycles. The number of anilines is 1. The second kappa shape index (κ2) is 4.03. The fraction of sp³-hybridized carbons (Fsp3) is 0.167. The van der Waals surface area contributed by atoms with Gasteiger partial charge in [0.15, 0.2) is 0 Å². The SMILES string of the molecule is Nc1cc2cc(C3CNC(=O)O3)cc(Cl)c2cn1. The Hall–Kier alpha value is -2.01. The largest absolute Gasteiger partial charge is 0.439 e. The van der Waals surface area contributed by atoms with Crippen LogP contribution in [0.5, 0.6) is 0 Å². The molecule has 18 heavy (non-hydrogen) atoms. The molecule has 1 aliphatic heterocycles. The van der Waals surface area contributed by atoms with E-state index < -0.39 is 6.09 Å². The van der Waals surface area contributed by atoms with E-state index in [1.807, 2.05) is 6.07 Å². The zero-order valence-corrected chi connectivity index (χ0v) is 10.1. The number of carbonyl (C=O) groups excluding carboxylic acids is 1. The van der Waals surface area contributed by atoms with Crippen molar-refractivity contribution < 1.29 is 9.53 Å². The van der Waals surface area contributed by atoms with Gasteiger partial charge in [0.2, 0.25) is 0 Å². The normalized spacial score (nSPS) is 18.7. The second-order valence-corrected chi connectivity index (χ2v) is 4.52. The van der Waals surface area contributed by atoms with Crippen LogP contribution in [-0.4, -0.2) is 17.6 Å². The molecule has 3 N–H and O–H groups in total.